The Morgan fingerprint density at radius 2 is 1.87 bits per heavy atom. The second kappa shape index (κ2) is 6.87. The second-order valence-electron chi connectivity index (χ2n) is 6.56. The number of benzene rings is 2. The van der Waals surface area contributed by atoms with Crippen molar-refractivity contribution in [3.63, 3.8) is 0 Å². The highest BCUT2D eigenvalue weighted by molar-refractivity contribution is 5.84. The summed E-state index contributed by atoms with van der Waals surface area (Å²) in [7, 11) is 1.68. The molecule has 0 saturated carbocycles. The molecule has 1 fully saturated rings. The maximum absolute atomic E-state index is 10.2. The van der Waals surface area contributed by atoms with Crippen molar-refractivity contribution in [1.82, 2.24) is 4.90 Å². The van der Waals surface area contributed by atoms with E-state index >= 15 is 0 Å². The van der Waals surface area contributed by atoms with Crippen molar-refractivity contribution in [1.29, 1.82) is 0 Å². The number of likely N-dealkylation sites (tertiary alicyclic amines) is 1. The third kappa shape index (κ3) is 3.83. The number of methoxy groups -OCH3 is 1. The molecule has 1 aliphatic rings. The van der Waals surface area contributed by atoms with Crippen LogP contribution in [0.15, 0.2) is 36.4 Å². The number of rotatable bonds is 4. The predicted molar refractivity (Wildman–Crippen MR) is 91.7 cm³/mol. The molecule has 124 valence electrons. The molecule has 0 bridgehead atoms. The number of aliphatic hydroxyl groups excluding tert-OH is 1. The van der Waals surface area contributed by atoms with E-state index in [0.717, 1.165) is 31.8 Å². The molecule has 2 aromatic rings. The summed E-state index contributed by atoms with van der Waals surface area (Å²) < 4.78 is 5.27. The Hall–Kier alpha value is -1.62. The third-order valence-corrected chi connectivity index (χ3v) is 4.82. The topological polar surface area (TPSA) is 52.9 Å². The fourth-order valence-electron chi connectivity index (χ4n) is 3.31. The van der Waals surface area contributed by atoms with Crippen LogP contribution in [0, 0.1) is 0 Å². The average molecular weight is 315 g/mol. The number of aliphatic hydroxyl groups is 2. The third-order valence-electron chi connectivity index (χ3n) is 4.82. The lowest BCUT2D eigenvalue weighted by Gasteiger charge is -2.24. The lowest BCUT2D eigenvalue weighted by molar-refractivity contribution is -0.0255. The lowest BCUT2D eigenvalue weighted by Crippen LogP contribution is -2.34. The van der Waals surface area contributed by atoms with Crippen molar-refractivity contribution < 1.29 is 14.9 Å². The standard InChI is InChI=1S/C19H25NO3/c1-23-18-6-5-16-11-15(3-4-17(16)12-18)13-20-9-2-7-19(22,14-21)8-10-20/h3-6,11-12,21-22H,2,7-10,13-14H2,1H3/t19-/m1/s1. The molecule has 4 heteroatoms. The van der Waals surface area contributed by atoms with E-state index in [9.17, 15) is 10.2 Å². The largest absolute Gasteiger partial charge is 0.497 e. The Morgan fingerprint density at radius 3 is 2.65 bits per heavy atom. The molecule has 1 aliphatic heterocycles. The fraction of sp³-hybridized carbons (Fsp3) is 0.474. The zero-order valence-corrected chi connectivity index (χ0v) is 13.7. The number of hydrogen-bond donors (Lipinski definition) is 2. The van der Waals surface area contributed by atoms with E-state index < -0.39 is 5.60 Å². The van der Waals surface area contributed by atoms with Gasteiger partial charge in [0.25, 0.3) is 0 Å². The highest BCUT2D eigenvalue weighted by atomic mass is 16.5. The molecule has 1 heterocycles. The van der Waals surface area contributed by atoms with Gasteiger partial charge >= 0.3 is 0 Å². The minimum absolute atomic E-state index is 0.140. The Labute approximate surface area is 137 Å². The van der Waals surface area contributed by atoms with Gasteiger partial charge < -0.3 is 14.9 Å². The van der Waals surface area contributed by atoms with Crippen LogP contribution in [-0.2, 0) is 6.54 Å². The van der Waals surface area contributed by atoms with E-state index in [1.165, 1.54) is 16.3 Å². The Bertz CT molecular complexity index is 673. The van der Waals surface area contributed by atoms with Gasteiger partial charge in [0.05, 0.1) is 19.3 Å². The van der Waals surface area contributed by atoms with Gasteiger partial charge in [-0.05, 0) is 60.3 Å². The first-order valence-corrected chi connectivity index (χ1v) is 8.24. The summed E-state index contributed by atoms with van der Waals surface area (Å²) in [5.74, 6) is 0.876. The molecule has 23 heavy (non-hydrogen) atoms. The summed E-state index contributed by atoms with van der Waals surface area (Å²) in [5.41, 5.74) is 0.381. The minimum Gasteiger partial charge on any atom is -0.497 e. The van der Waals surface area contributed by atoms with Crippen LogP contribution in [0.3, 0.4) is 0 Å². The molecule has 1 atom stereocenters. The van der Waals surface area contributed by atoms with Gasteiger partial charge in [-0.1, -0.05) is 18.2 Å². The first-order valence-electron chi connectivity index (χ1n) is 8.24. The van der Waals surface area contributed by atoms with Crippen LogP contribution in [0.25, 0.3) is 10.8 Å². The summed E-state index contributed by atoms with van der Waals surface area (Å²) in [4.78, 5) is 2.36. The van der Waals surface area contributed by atoms with Gasteiger partial charge in [-0.2, -0.15) is 0 Å². The van der Waals surface area contributed by atoms with E-state index in [-0.39, 0.29) is 6.61 Å². The van der Waals surface area contributed by atoms with Crippen molar-refractivity contribution in [2.75, 3.05) is 26.8 Å². The molecule has 2 aromatic carbocycles. The average Bonchev–Trinajstić information content (AvgIpc) is 2.77. The second-order valence-corrected chi connectivity index (χ2v) is 6.56. The van der Waals surface area contributed by atoms with Gasteiger partial charge in [-0.3, -0.25) is 4.90 Å². The van der Waals surface area contributed by atoms with Gasteiger partial charge in [-0.25, -0.2) is 0 Å². The number of hydrogen-bond acceptors (Lipinski definition) is 4. The molecule has 0 amide bonds. The lowest BCUT2D eigenvalue weighted by atomic mass is 9.96. The van der Waals surface area contributed by atoms with Crippen LogP contribution in [0.2, 0.25) is 0 Å². The van der Waals surface area contributed by atoms with Gasteiger partial charge in [0.15, 0.2) is 0 Å². The molecule has 0 aromatic heterocycles. The van der Waals surface area contributed by atoms with Crippen LogP contribution < -0.4 is 4.74 Å². The van der Waals surface area contributed by atoms with Crippen LogP contribution in [0.4, 0.5) is 0 Å². The zero-order chi connectivity index (χ0) is 16.3. The molecule has 0 radical (unpaired) electrons. The number of ether oxygens (including phenoxy) is 1. The van der Waals surface area contributed by atoms with Crippen LogP contribution in [-0.4, -0.2) is 47.5 Å². The predicted octanol–water partition coefficient (Wildman–Crippen LogP) is 2.56. The molecule has 0 unspecified atom stereocenters. The summed E-state index contributed by atoms with van der Waals surface area (Å²) in [6.07, 6.45) is 2.23. The van der Waals surface area contributed by atoms with Gasteiger partial charge in [-0.15, -0.1) is 0 Å². The molecule has 1 saturated heterocycles. The van der Waals surface area contributed by atoms with E-state index in [1.54, 1.807) is 7.11 Å². The Morgan fingerprint density at radius 1 is 1.09 bits per heavy atom. The van der Waals surface area contributed by atoms with Crippen LogP contribution in [0.1, 0.15) is 24.8 Å². The van der Waals surface area contributed by atoms with E-state index in [0.29, 0.717) is 12.8 Å². The van der Waals surface area contributed by atoms with Crippen molar-refractivity contribution in [3.05, 3.63) is 42.0 Å². The highest BCUT2D eigenvalue weighted by Gasteiger charge is 2.29. The van der Waals surface area contributed by atoms with Gasteiger partial charge in [0, 0.05) is 13.1 Å². The molecule has 3 rings (SSSR count). The zero-order valence-electron chi connectivity index (χ0n) is 13.7. The molecule has 0 aliphatic carbocycles. The SMILES string of the molecule is COc1ccc2cc(CN3CCC[C@](O)(CO)CC3)ccc2c1. The monoisotopic (exact) mass is 315 g/mol. The molecule has 4 nitrogen and oxygen atoms in total. The Kier molecular flexibility index (Phi) is 4.85. The molecular formula is C19H25NO3. The van der Waals surface area contributed by atoms with Gasteiger partial charge in [0.2, 0.25) is 0 Å². The normalized spacial score (nSPS) is 22.9. The maximum atomic E-state index is 10.2. The first kappa shape index (κ1) is 16.2. The van der Waals surface area contributed by atoms with E-state index in [4.69, 9.17) is 4.74 Å². The fourth-order valence-corrected chi connectivity index (χ4v) is 3.31. The van der Waals surface area contributed by atoms with Crippen molar-refractivity contribution in [2.24, 2.45) is 0 Å². The van der Waals surface area contributed by atoms with Crippen molar-refractivity contribution >= 4 is 10.8 Å². The van der Waals surface area contributed by atoms with Crippen molar-refractivity contribution in [2.45, 2.75) is 31.4 Å². The minimum atomic E-state index is -0.894. The number of nitrogens with zero attached hydrogens (tertiary/aromatic N) is 1. The molecular weight excluding hydrogens is 290 g/mol. The molecule has 2 N–H and O–H groups in total. The molecule has 0 spiro atoms. The summed E-state index contributed by atoms with van der Waals surface area (Å²) >= 11 is 0. The highest BCUT2D eigenvalue weighted by Crippen LogP contribution is 2.25. The smallest absolute Gasteiger partial charge is 0.119 e. The number of fused-ring (bicyclic) bond motifs is 1. The summed E-state index contributed by atoms with van der Waals surface area (Å²) in [5, 5.41) is 22.0. The van der Waals surface area contributed by atoms with E-state index in [2.05, 4.69) is 29.2 Å². The van der Waals surface area contributed by atoms with Crippen molar-refractivity contribution in [3.8, 4) is 5.75 Å². The van der Waals surface area contributed by atoms with Crippen LogP contribution >= 0.6 is 0 Å². The quantitative estimate of drug-likeness (QED) is 0.910. The maximum Gasteiger partial charge on any atom is 0.119 e. The summed E-state index contributed by atoms with van der Waals surface area (Å²) in [6, 6.07) is 12.6. The Balaban J connectivity index is 1.71. The van der Waals surface area contributed by atoms with Gasteiger partial charge in [0.1, 0.15) is 5.75 Å². The first-order chi connectivity index (χ1) is 11.1. The van der Waals surface area contributed by atoms with Crippen LogP contribution in [0.5, 0.6) is 5.75 Å². The van der Waals surface area contributed by atoms with E-state index in [1.807, 2.05) is 12.1 Å². The summed E-state index contributed by atoms with van der Waals surface area (Å²) in [6.45, 7) is 2.52.